The average Bonchev–Trinajstić information content (AvgIpc) is 3.24. The quantitative estimate of drug-likeness (QED) is 0.343. The van der Waals surface area contributed by atoms with Crippen LogP contribution in [-0.2, 0) is 14.6 Å². The van der Waals surface area contributed by atoms with Crippen molar-refractivity contribution in [1.29, 1.82) is 0 Å². The van der Waals surface area contributed by atoms with Crippen LogP contribution in [0.15, 0.2) is 22.5 Å². The van der Waals surface area contributed by atoms with Gasteiger partial charge in [0.2, 0.25) is 0 Å². The van der Waals surface area contributed by atoms with E-state index < -0.39 is 9.84 Å². The van der Waals surface area contributed by atoms with Gasteiger partial charge in [0.1, 0.15) is 0 Å². The van der Waals surface area contributed by atoms with Crippen molar-refractivity contribution < 1.29 is 13.2 Å². The molecule has 0 spiro atoms. The molecule has 0 bridgehead atoms. The number of sulfone groups is 1. The SMILES string of the molecule is CN=C(NCC(c1cccs1)N1CCOC(C)C1)NC1CCS(=O)(=O)C1.I. The number of nitrogens with zero attached hydrogens (tertiary/aromatic N) is 2. The molecule has 3 unspecified atom stereocenters. The van der Waals surface area contributed by atoms with E-state index in [9.17, 15) is 8.42 Å². The van der Waals surface area contributed by atoms with Crippen molar-refractivity contribution in [3.8, 4) is 0 Å². The summed E-state index contributed by atoms with van der Waals surface area (Å²) in [5.41, 5.74) is 0. The predicted octanol–water partition coefficient (Wildman–Crippen LogP) is 1.48. The van der Waals surface area contributed by atoms with Gasteiger partial charge in [0.05, 0.1) is 30.3 Å². The van der Waals surface area contributed by atoms with Crippen molar-refractivity contribution in [2.75, 3.05) is 44.8 Å². The van der Waals surface area contributed by atoms with Gasteiger partial charge in [-0.05, 0) is 24.8 Å². The third kappa shape index (κ3) is 6.55. The maximum absolute atomic E-state index is 11.7. The van der Waals surface area contributed by atoms with E-state index in [2.05, 4.69) is 45.0 Å². The Morgan fingerprint density at radius 3 is 2.93 bits per heavy atom. The molecular weight excluding hydrogens is 499 g/mol. The largest absolute Gasteiger partial charge is 0.376 e. The number of ether oxygens (including phenoxy) is 1. The number of thiophene rings is 1. The number of guanidine groups is 1. The van der Waals surface area contributed by atoms with E-state index in [1.54, 1.807) is 18.4 Å². The molecule has 0 amide bonds. The van der Waals surface area contributed by atoms with E-state index in [1.165, 1.54) is 4.88 Å². The minimum atomic E-state index is -2.91. The lowest BCUT2D eigenvalue weighted by Crippen LogP contribution is -2.49. The van der Waals surface area contributed by atoms with Gasteiger partial charge < -0.3 is 15.4 Å². The molecule has 0 radical (unpaired) electrons. The van der Waals surface area contributed by atoms with Crippen molar-refractivity contribution in [3.05, 3.63) is 22.4 Å². The summed E-state index contributed by atoms with van der Waals surface area (Å²) in [4.78, 5) is 8.03. The van der Waals surface area contributed by atoms with Gasteiger partial charge in [0, 0.05) is 37.6 Å². The van der Waals surface area contributed by atoms with Crippen molar-refractivity contribution in [1.82, 2.24) is 15.5 Å². The van der Waals surface area contributed by atoms with Crippen LogP contribution in [0.3, 0.4) is 0 Å². The Morgan fingerprint density at radius 2 is 2.33 bits per heavy atom. The first-order valence-corrected chi connectivity index (χ1v) is 11.7. The van der Waals surface area contributed by atoms with Gasteiger partial charge in [-0.25, -0.2) is 8.42 Å². The van der Waals surface area contributed by atoms with Crippen molar-refractivity contribution in [3.63, 3.8) is 0 Å². The fraction of sp³-hybridized carbons (Fsp3) is 0.706. The highest BCUT2D eigenvalue weighted by Gasteiger charge is 2.29. The number of morpholine rings is 1. The molecule has 3 atom stereocenters. The summed E-state index contributed by atoms with van der Waals surface area (Å²) in [7, 11) is -1.19. The molecule has 0 aromatic carbocycles. The zero-order valence-electron chi connectivity index (χ0n) is 15.8. The van der Waals surface area contributed by atoms with E-state index in [-0.39, 0.29) is 53.7 Å². The van der Waals surface area contributed by atoms with Crippen LogP contribution in [0.25, 0.3) is 0 Å². The Kier molecular flexibility index (Phi) is 8.78. The Morgan fingerprint density at radius 1 is 1.52 bits per heavy atom. The first-order valence-electron chi connectivity index (χ1n) is 9.03. The number of halogens is 1. The number of hydrogen-bond acceptors (Lipinski definition) is 6. The highest BCUT2D eigenvalue weighted by atomic mass is 127. The molecule has 2 N–H and O–H groups in total. The van der Waals surface area contributed by atoms with Crippen LogP contribution >= 0.6 is 35.3 Å². The minimum Gasteiger partial charge on any atom is -0.376 e. The Labute approximate surface area is 182 Å². The maximum atomic E-state index is 11.7. The van der Waals surface area contributed by atoms with E-state index in [0.717, 1.165) is 19.7 Å². The number of hydrogen-bond donors (Lipinski definition) is 2. The second-order valence-electron chi connectivity index (χ2n) is 6.90. The number of aliphatic imine (C=N–C) groups is 1. The lowest BCUT2D eigenvalue weighted by molar-refractivity contribution is -0.0334. The molecule has 27 heavy (non-hydrogen) atoms. The molecule has 10 heteroatoms. The van der Waals surface area contributed by atoms with Crippen molar-refractivity contribution in [2.45, 2.75) is 31.5 Å². The molecule has 3 rings (SSSR count). The van der Waals surface area contributed by atoms with Gasteiger partial charge in [-0.3, -0.25) is 9.89 Å². The zero-order valence-corrected chi connectivity index (χ0v) is 19.7. The van der Waals surface area contributed by atoms with E-state index in [1.807, 2.05) is 0 Å². The molecule has 2 saturated heterocycles. The maximum Gasteiger partial charge on any atom is 0.191 e. The van der Waals surface area contributed by atoms with Gasteiger partial charge in [0.25, 0.3) is 0 Å². The Balaban J connectivity index is 0.00000261. The Hall–Kier alpha value is -0.430. The normalized spacial score (nSPS) is 27.0. The molecule has 0 aliphatic carbocycles. The summed E-state index contributed by atoms with van der Waals surface area (Å²) >= 11 is 1.76. The smallest absolute Gasteiger partial charge is 0.191 e. The monoisotopic (exact) mass is 528 g/mol. The summed E-state index contributed by atoms with van der Waals surface area (Å²) in [6.07, 6.45) is 0.866. The lowest BCUT2D eigenvalue weighted by atomic mass is 10.1. The van der Waals surface area contributed by atoms with Crippen molar-refractivity contribution >= 4 is 51.1 Å². The fourth-order valence-electron chi connectivity index (χ4n) is 3.51. The van der Waals surface area contributed by atoms with E-state index in [4.69, 9.17) is 4.74 Å². The molecule has 154 valence electrons. The summed E-state index contributed by atoms with van der Waals surface area (Å²) in [5, 5.41) is 8.75. The minimum absolute atomic E-state index is 0. The number of nitrogens with one attached hydrogen (secondary N) is 2. The molecule has 1 aromatic rings. The third-order valence-corrected chi connectivity index (χ3v) is 7.59. The summed E-state index contributed by atoms with van der Waals surface area (Å²) in [6.45, 7) is 5.37. The molecule has 0 saturated carbocycles. The van der Waals surface area contributed by atoms with Crippen LogP contribution < -0.4 is 10.6 Å². The average molecular weight is 528 g/mol. The molecule has 7 nitrogen and oxygen atoms in total. The second kappa shape index (κ2) is 10.4. The van der Waals surface area contributed by atoms with Crippen LogP contribution in [0.4, 0.5) is 0 Å². The zero-order chi connectivity index (χ0) is 18.6. The fourth-order valence-corrected chi connectivity index (χ4v) is 6.04. The van der Waals surface area contributed by atoms with Gasteiger partial charge in [0.15, 0.2) is 15.8 Å². The molecule has 2 aliphatic heterocycles. The molecule has 2 fully saturated rings. The van der Waals surface area contributed by atoms with Crippen LogP contribution in [-0.4, -0.2) is 76.2 Å². The molecular formula is C17H29IN4O3S2. The number of rotatable bonds is 5. The van der Waals surface area contributed by atoms with Crippen LogP contribution in [0.2, 0.25) is 0 Å². The first kappa shape index (κ1) is 22.9. The van der Waals surface area contributed by atoms with Crippen LogP contribution in [0.1, 0.15) is 24.3 Å². The third-order valence-electron chi connectivity index (χ3n) is 4.84. The standard InChI is InChI=1S/C17H28N4O3S2.HI/c1-13-11-21(6-7-24-13)15(16-4-3-8-25-16)10-19-17(18-2)20-14-5-9-26(22,23)12-14;/h3-4,8,13-15H,5-7,9-12H2,1-2H3,(H2,18,19,20);1H. The second-order valence-corrected chi connectivity index (χ2v) is 10.1. The molecule has 1 aromatic heterocycles. The highest BCUT2D eigenvalue weighted by molar-refractivity contribution is 14.0. The summed E-state index contributed by atoms with van der Waals surface area (Å²) < 4.78 is 29.0. The summed E-state index contributed by atoms with van der Waals surface area (Å²) in [5.74, 6) is 1.10. The first-order chi connectivity index (χ1) is 12.5. The summed E-state index contributed by atoms with van der Waals surface area (Å²) in [6, 6.07) is 4.42. The van der Waals surface area contributed by atoms with Crippen LogP contribution in [0.5, 0.6) is 0 Å². The topological polar surface area (TPSA) is 83.0 Å². The molecule has 2 aliphatic rings. The van der Waals surface area contributed by atoms with Crippen LogP contribution in [0, 0.1) is 0 Å². The lowest BCUT2D eigenvalue weighted by Gasteiger charge is -2.37. The Bertz CT molecular complexity index is 712. The van der Waals surface area contributed by atoms with Gasteiger partial charge in [-0.15, -0.1) is 35.3 Å². The van der Waals surface area contributed by atoms with Gasteiger partial charge in [-0.1, -0.05) is 6.07 Å². The van der Waals surface area contributed by atoms with Gasteiger partial charge >= 0.3 is 0 Å². The van der Waals surface area contributed by atoms with Gasteiger partial charge in [-0.2, -0.15) is 0 Å². The highest BCUT2D eigenvalue weighted by Crippen LogP contribution is 2.26. The van der Waals surface area contributed by atoms with E-state index >= 15 is 0 Å². The molecule has 3 heterocycles. The van der Waals surface area contributed by atoms with Crippen molar-refractivity contribution in [2.24, 2.45) is 4.99 Å². The van der Waals surface area contributed by atoms with E-state index in [0.29, 0.717) is 18.9 Å². The predicted molar refractivity (Wildman–Crippen MR) is 121 cm³/mol.